The SMILES string of the molecule is COC(=O)C(F)(F)C(F)(F)C(F)(F)C(F)(F)C(F)(F)C(F)F. The minimum absolute atomic E-state index is 0.0314. The Bertz CT molecular complexity index is 429. The van der Waals surface area contributed by atoms with E-state index in [-0.39, 0.29) is 7.11 Å². The number of esters is 1. The first-order valence-electron chi connectivity index (χ1n) is 4.68. The number of carbonyl (C=O) groups excluding carboxylic acids is 1. The van der Waals surface area contributed by atoms with Gasteiger partial charge in [-0.05, 0) is 0 Å². The summed E-state index contributed by atoms with van der Waals surface area (Å²) in [5.41, 5.74) is 0. The molecule has 0 spiro atoms. The zero-order valence-corrected chi connectivity index (χ0v) is 9.93. The normalized spacial score (nSPS) is 15.2. The van der Waals surface area contributed by atoms with Gasteiger partial charge < -0.3 is 4.74 Å². The van der Waals surface area contributed by atoms with E-state index < -0.39 is 42.0 Å². The number of methoxy groups -OCH3 is 1. The van der Waals surface area contributed by atoms with Gasteiger partial charge in [0.1, 0.15) is 0 Å². The number of ether oxygens (including phenoxy) is 1. The number of halogens is 12. The second kappa shape index (κ2) is 5.37. The summed E-state index contributed by atoms with van der Waals surface area (Å²) in [7, 11) is -0.0314. The molecule has 0 aromatic heterocycles. The summed E-state index contributed by atoms with van der Waals surface area (Å²) in [6.07, 6.45) is -5.59. The zero-order valence-electron chi connectivity index (χ0n) is 9.93. The maximum Gasteiger partial charge on any atom is 0.410 e. The summed E-state index contributed by atoms with van der Waals surface area (Å²) in [5.74, 6) is -40.1. The lowest BCUT2D eigenvalue weighted by atomic mass is 9.94. The van der Waals surface area contributed by atoms with Crippen LogP contribution in [0.5, 0.6) is 0 Å². The molecule has 0 aliphatic rings. The first-order valence-corrected chi connectivity index (χ1v) is 4.68. The van der Waals surface area contributed by atoms with Crippen LogP contribution in [0.15, 0.2) is 0 Å². The van der Waals surface area contributed by atoms with Crippen molar-refractivity contribution in [1.82, 2.24) is 0 Å². The molecule has 0 aromatic carbocycles. The molecular formula is C8H4F12O2. The van der Waals surface area contributed by atoms with Gasteiger partial charge >= 0.3 is 42.0 Å². The standard InChI is InChI=1S/C8H4F12O2/c1-22-3(21)5(13,14)7(17,18)8(19,20)6(15,16)4(11,12)2(9)10/h2H,1H3. The molecule has 2 nitrogen and oxygen atoms in total. The monoisotopic (exact) mass is 360 g/mol. The number of alkyl halides is 12. The number of carbonyl (C=O) groups is 1. The molecule has 132 valence electrons. The predicted molar refractivity (Wildman–Crippen MR) is 42.8 cm³/mol. The van der Waals surface area contributed by atoms with E-state index in [9.17, 15) is 57.5 Å². The third-order valence-electron chi connectivity index (χ3n) is 2.32. The Kier molecular flexibility index (Phi) is 5.03. The summed E-state index contributed by atoms with van der Waals surface area (Å²) in [6, 6.07) is 0. The summed E-state index contributed by atoms with van der Waals surface area (Å²) < 4.78 is 153. The van der Waals surface area contributed by atoms with E-state index in [0.717, 1.165) is 0 Å². The smallest absolute Gasteiger partial charge is 0.410 e. The van der Waals surface area contributed by atoms with Crippen molar-refractivity contribution in [2.24, 2.45) is 0 Å². The summed E-state index contributed by atoms with van der Waals surface area (Å²) >= 11 is 0. The van der Waals surface area contributed by atoms with E-state index >= 15 is 0 Å². The molecule has 0 aliphatic heterocycles. The summed E-state index contributed by atoms with van der Waals surface area (Å²) in [6.45, 7) is 0. The summed E-state index contributed by atoms with van der Waals surface area (Å²) in [4.78, 5) is 10.3. The molecule has 22 heavy (non-hydrogen) atoms. The predicted octanol–water partition coefficient (Wildman–Crippen LogP) is 3.60. The van der Waals surface area contributed by atoms with Crippen molar-refractivity contribution in [2.75, 3.05) is 7.11 Å². The Hall–Kier alpha value is -1.37. The molecule has 14 heteroatoms. The molecule has 0 bridgehead atoms. The molecule has 0 aliphatic carbocycles. The lowest BCUT2D eigenvalue weighted by Gasteiger charge is -2.38. The van der Waals surface area contributed by atoms with Gasteiger partial charge in [0.25, 0.3) is 0 Å². The van der Waals surface area contributed by atoms with Crippen molar-refractivity contribution >= 4 is 5.97 Å². The minimum atomic E-state index is -7.72. The van der Waals surface area contributed by atoms with E-state index in [4.69, 9.17) is 0 Å². The molecule has 0 atom stereocenters. The highest BCUT2D eigenvalue weighted by Crippen LogP contribution is 2.58. The van der Waals surface area contributed by atoms with Crippen LogP contribution in [0.2, 0.25) is 0 Å². The minimum Gasteiger partial charge on any atom is -0.464 e. The molecule has 0 saturated heterocycles. The van der Waals surface area contributed by atoms with Crippen molar-refractivity contribution in [3.05, 3.63) is 0 Å². The van der Waals surface area contributed by atoms with Gasteiger partial charge in [-0.25, -0.2) is 13.6 Å². The fourth-order valence-electron chi connectivity index (χ4n) is 0.997. The second-order valence-electron chi connectivity index (χ2n) is 3.71. The zero-order chi connectivity index (χ0) is 18.4. The van der Waals surface area contributed by atoms with Crippen LogP contribution in [0.4, 0.5) is 52.7 Å². The van der Waals surface area contributed by atoms with Crippen LogP contribution in [-0.2, 0) is 9.53 Å². The van der Waals surface area contributed by atoms with Crippen LogP contribution >= 0.6 is 0 Å². The highest BCUT2D eigenvalue weighted by molar-refractivity contribution is 5.79. The van der Waals surface area contributed by atoms with E-state index in [1.54, 1.807) is 0 Å². The Morgan fingerprint density at radius 2 is 1.14 bits per heavy atom. The highest BCUT2D eigenvalue weighted by atomic mass is 19.4. The van der Waals surface area contributed by atoms with Gasteiger partial charge in [-0.15, -0.1) is 0 Å². The molecule has 0 heterocycles. The fourth-order valence-corrected chi connectivity index (χ4v) is 0.997. The molecule has 0 N–H and O–H groups in total. The van der Waals surface area contributed by atoms with Gasteiger partial charge in [0.2, 0.25) is 0 Å². The molecule has 0 fully saturated rings. The van der Waals surface area contributed by atoms with Crippen molar-refractivity contribution in [2.45, 2.75) is 36.0 Å². The van der Waals surface area contributed by atoms with Crippen molar-refractivity contribution < 1.29 is 62.2 Å². The third kappa shape index (κ3) is 2.45. The Balaban J connectivity index is 6.17. The molecular weight excluding hydrogens is 356 g/mol. The van der Waals surface area contributed by atoms with Gasteiger partial charge in [0.15, 0.2) is 0 Å². The molecule has 0 saturated carbocycles. The topological polar surface area (TPSA) is 26.3 Å². The molecule has 0 radical (unpaired) electrons. The van der Waals surface area contributed by atoms with E-state index in [0.29, 0.717) is 0 Å². The van der Waals surface area contributed by atoms with Gasteiger partial charge in [-0.3, -0.25) is 0 Å². The van der Waals surface area contributed by atoms with Crippen molar-refractivity contribution in [1.29, 1.82) is 0 Å². The van der Waals surface area contributed by atoms with Crippen LogP contribution in [0, 0.1) is 0 Å². The van der Waals surface area contributed by atoms with Crippen LogP contribution in [0.3, 0.4) is 0 Å². The second-order valence-corrected chi connectivity index (χ2v) is 3.71. The Morgan fingerprint density at radius 3 is 1.41 bits per heavy atom. The van der Waals surface area contributed by atoms with Crippen LogP contribution in [0.25, 0.3) is 0 Å². The lowest BCUT2D eigenvalue weighted by molar-refractivity contribution is -0.408. The maximum absolute atomic E-state index is 12.8. The first-order chi connectivity index (χ1) is 9.42. The highest BCUT2D eigenvalue weighted by Gasteiger charge is 2.89. The van der Waals surface area contributed by atoms with Gasteiger partial charge in [0.05, 0.1) is 7.11 Å². The summed E-state index contributed by atoms with van der Waals surface area (Å²) in [5, 5.41) is 0. The Morgan fingerprint density at radius 1 is 0.773 bits per heavy atom. The molecule has 0 unspecified atom stereocenters. The van der Waals surface area contributed by atoms with Crippen LogP contribution in [-0.4, -0.2) is 49.1 Å². The maximum atomic E-state index is 12.8. The molecule has 0 aromatic rings. The van der Waals surface area contributed by atoms with E-state index in [1.807, 2.05) is 0 Å². The van der Waals surface area contributed by atoms with Crippen molar-refractivity contribution in [3.63, 3.8) is 0 Å². The number of hydrogen-bond acceptors (Lipinski definition) is 2. The van der Waals surface area contributed by atoms with Gasteiger partial charge in [0, 0.05) is 0 Å². The number of rotatable bonds is 6. The van der Waals surface area contributed by atoms with Crippen LogP contribution < -0.4 is 0 Å². The average Bonchev–Trinajstić information content (AvgIpc) is 2.36. The molecule has 0 rings (SSSR count). The number of hydrogen-bond donors (Lipinski definition) is 0. The average molecular weight is 360 g/mol. The van der Waals surface area contributed by atoms with E-state index in [2.05, 4.69) is 4.74 Å². The lowest BCUT2D eigenvalue weighted by Crippen LogP contribution is -2.70. The fraction of sp³-hybridized carbons (Fsp3) is 0.875. The largest absolute Gasteiger partial charge is 0.464 e. The molecule has 0 amide bonds. The van der Waals surface area contributed by atoms with Gasteiger partial charge in [-0.2, -0.15) is 43.9 Å². The van der Waals surface area contributed by atoms with Gasteiger partial charge in [-0.1, -0.05) is 0 Å². The first kappa shape index (κ1) is 20.6. The Labute approximate surface area is 113 Å². The van der Waals surface area contributed by atoms with E-state index in [1.165, 1.54) is 0 Å². The van der Waals surface area contributed by atoms with Crippen LogP contribution in [0.1, 0.15) is 0 Å². The third-order valence-corrected chi connectivity index (χ3v) is 2.32. The quantitative estimate of drug-likeness (QED) is 0.535. The van der Waals surface area contributed by atoms with Crippen molar-refractivity contribution in [3.8, 4) is 0 Å².